The Hall–Kier alpha value is -3.15. The summed E-state index contributed by atoms with van der Waals surface area (Å²) in [5, 5.41) is 13.8. The Morgan fingerprint density at radius 2 is 1.87 bits per heavy atom. The van der Waals surface area contributed by atoms with E-state index in [2.05, 4.69) is 5.32 Å². The van der Waals surface area contributed by atoms with Gasteiger partial charge in [-0.05, 0) is 30.7 Å². The number of carbonyl (C=O) groups excluding carboxylic acids is 1. The average molecular weight is 309 g/mol. The lowest BCUT2D eigenvalue weighted by Crippen LogP contribution is -2.44. The molecule has 1 heterocycles. The van der Waals surface area contributed by atoms with Gasteiger partial charge in [0.2, 0.25) is 0 Å². The number of hydrogen-bond acceptors (Lipinski definition) is 3. The van der Waals surface area contributed by atoms with Gasteiger partial charge in [-0.2, -0.15) is 0 Å². The van der Waals surface area contributed by atoms with E-state index in [4.69, 9.17) is 0 Å². The van der Waals surface area contributed by atoms with Crippen LogP contribution in [0.2, 0.25) is 0 Å². The maximum Gasteiger partial charge on any atom is 0.326 e. The molecule has 3 rings (SSSR count). The molecule has 1 aliphatic rings. The third-order valence-corrected chi connectivity index (χ3v) is 3.70. The van der Waals surface area contributed by atoms with Gasteiger partial charge in [-0.1, -0.05) is 30.3 Å². The second-order valence-corrected chi connectivity index (χ2v) is 5.26. The molecule has 0 fully saturated rings. The van der Waals surface area contributed by atoms with Gasteiger partial charge in [0.25, 0.3) is 5.69 Å². The summed E-state index contributed by atoms with van der Waals surface area (Å²) in [6, 6.07) is 15.0. The number of nitro groups is 1. The second-order valence-electron chi connectivity index (χ2n) is 5.26. The molecule has 0 spiro atoms. The smallest absolute Gasteiger partial charge is 0.326 e. The van der Waals surface area contributed by atoms with Crippen LogP contribution < -0.4 is 10.2 Å². The quantitative estimate of drug-likeness (QED) is 0.692. The lowest BCUT2D eigenvalue weighted by atomic mass is 10.0. The Labute approximate surface area is 133 Å². The van der Waals surface area contributed by atoms with Crippen molar-refractivity contribution in [2.75, 3.05) is 4.90 Å². The van der Waals surface area contributed by atoms with Crippen LogP contribution in [0.15, 0.2) is 66.4 Å². The molecule has 2 aromatic carbocycles. The standard InChI is InChI=1S/C17H15N3O3/c1-12-10-16(13-6-5-9-15(11-13)20(22)23)18-17(21)19(12)14-7-3-2-4-8-14/h2-11,16H,1H3,(H,18,21). The molecule has 1 N–H and O–H groups in total. The first kappa shape index (κ1) is 14.8. The molecule has 0 saturated heterocycles. The molecule has 1 aliphatic heterocycles. The van der Waals surface area contributed by atoms with Crippen LogP contribution in [0.1, 0.15) is 18.5 Å². The highest BCUT2D eigenvalue weighted by molar-refractivity contribution is 5.96. The fraction of sp³-hybridized carbons (Fsp3) is 0.118. The molecule has 1 atom stereocenters. The molecular weight excluding hydrogens is 294 g/mol. The number of anilines is 1. The molecule has 0 aromatic heterocycles. The van der Waals surface area contributed by atoms with Gasteiger partial charge < -0.3 is 5.32 Å². The molecule has 0 bridgehead atoms. The summed E-state index contributed by atoms with van der Waals surface area (Å²) in [7, 11) is 0. The minimum absolute atomic E-state index is 0.00768. The maximum absolute atomic E-state index is 12.4. The zero-order valence-corrected chi connectivity index (χ0v) is 12.5. The molecular formula is C17H15N3O3. The van der Waals surface area contributed by atoms with Gasteiger partial charge >= 0.3 is 6.03 Å². The molecule has 6 heteroatoms. The molecule has 1 unspecified atom stereocenters. The first-order valence-corrected chi connectivity index (χ1v) is 7.15. The largest absolute Gasteiger partial charge is 0.327 e. The lowest BCUT2D eigenvalue weighted by Gasteiger charge is -2.31. The Morgan fingerprint density at radius 3 is 2.52 bits per heavy atom. The van der Waals surface area contributed by atoms with Gasteiger partial charge in [-0.3, -0.25) is 15.0 Å². The van der Waals surface area contributed by atoms with Crippen LogP contribution in [-0.2, 0) is 0 Å². The highest BCUT2D eigenvalue weighted by atomic mass is 16.6. The van der Waals surface area contributed by atoms with Gasteiger partial charge in [0.1, 0.15) is 0 Å². The number of nitrogens with one attached hydrogen (secondary N) is 1. The van der Waals surface area contributed by atoms with Gasteiger partial charge in [-0.25, -0.2) is 4.79 Å². The van der Waals surface area contributed by atoms with E-state index in [1.165, 1.54) is 12.1 Å². The normalized spacial score (nSPS) is 17.4. The van der Waals surface area contributed by atoms with Crippen molar-refractivity contribution in [3.8, 4) is 0 Å². The SMILES string of the molecule is CC1=CC(c2cccc([N+](=O)[O-])c2)NC(=O)N1c1ccccc1. The molecule has 2 amide bonds. The van der Waals surface area contributed by atoms with Gasteiger partial charge in [0.15, 0.2) is 0 Å². The van der Waals surface area contributed by atoms with E-state index in [1.807, 2.05) is 43.3 Å². The number of nitro benzene ring substituents is 1. The number of nitrogens with zero attached hydrogens (tertiary/aromatic N) is 2. The van der Waals surface area contributed by atoms with Crippen LogP contribution in [0.3, 0.4) is 0 Å². The van der Waals surface area contributed by atoms with Gasteiger partial charge in [-0.15, -0.1) is 0 Å². The van der Waals surface area contributed by atoms with E-state index >= 15 is 0 Å². The number of non-ortho nitro benzene ring substituents is 1. The number of benzene rings is 2. The summed E-state index contributed by atoms with van der Waals surface area (Å²) >= 11 is 0. The number of carbonyl (C=O) groups is 1. The van der Waals surface area contributed by atoms with E-state index in [0.717, 1.165) is 11.4 Å². The third-order valence-electron chi connectivity index (χ3n) is 3.70. The third kappa shape index (κ3) is 2.91. The summed E-state index contributed by atoms with van der Waals surface area (Å²) in [5.41, 5.74) is 2.24. The van der Waals surface area contributed by atoms with Gasteiger partial charge in [0.05, 0.1) is 16.7 Å². The van der Waals surface area contributed by atoms with E-state index in [-0.39, 0.29) is 17.8 Å². The molecule has 0 radical (unpaired) electrons. The minimum Gasteiger partial charge on any atom is -0.327 e. The van der Waals surface area contributed by atoms with Crippen molar-refractivity contribution in [3.63, 3.8) is 0 Å². The number of rotatable bonds is 3. The molecule has 23 heavy (non-hydrogen) atoms. The highest BCUT2D eigenvalue weighted by Gasteiger charge is 2.27. The molecule has 6 nitrogen and oxygen atoms in total. The number of amides is 2. The number of urea groups is 1. The Balaban J connectivity index is 1.94. The maximum atomic E-state index is 12.4. The lowest BCUT2D eigenvalue weighted by molar-refractivity contribution is -0.384. The monoisotopic (exact) mass is 309 g/mol. The van der Waals surface area contributed by atoms with E-state index in [9.17, 15) is 14.9 Å². The first-order valence-electron chi connectivity index (χ1n) is 7.15. The van der Waals surface area contributed by atoms with Crippen LogP contribution in [0.5, 0.6) is 0 Å². The average Bonchev–Trinajstić information content (AvgIpc) is 2.55. The van der Waals surface area contributed by atoms with Crippen molar-refractivity contribution < 1.29 is 9.72 Å². The van der Waals surface area contributed by atoms with E-state index in [0.29, 0.717) is 5.56 Å². The van der Waals surface area contributed by atoms with E-state index < -0.39 is 4.92 Å². The molecule has 116 valence electrons. The van der Waals surface area contributed by atoms with E-state index in [1.54, 1.807) is 17.0 Å². The van der Waals surface area contributed by atoms with Crippen LogP contribution in [0.4, 0.5) is 16.2 Å². The first-order chi connectivity index (χ1) is 11.1. The van der Waals surface area contributed by atoms with Crippen LogP contribution in [0.25, 0.3) is 0 Å². The number of allylic oxidation sites excluding steroid dienone is 1. The summed E-state index contributed by atoms with van der Waals surface area (Å²) in [5.74, 6) is 0. The predicted octanol–water partition coefficient (Wildman–Crippen LogP) is 3.77. The minimum atomic E-state index is -0.443. The van der Waals surface area contributed by atoms with Crippen molar-refractivity contribution >= 4 is 17.4 Å². The Morgan fingerprint density at radius 1 is 1.13 bits per heavy atom. The Kier molecular flexibility index (Phi) is 3.80. The van der Waals surface area contributed by atoms with Crippen molar-refractivity contribution in [1.29, 1.82) is 0 Å². The number of para-hydroxylation sites is 1. The fourth-order valence-electron chi connectivity index (χ4n) is 2.62. The molecule has 0 saturated carbocycles. The fourth-order valence-corrected chi connectivity index (χ4v) is 2.62. The number of hydrogen-bond donors (Lipinski definition) is 1. The summed E-state index contributed by atoms with van der Waals surface area (Å²) in [6.45, 7) is 1.84. The summed E-state index contributed by atoms with van der Waals surface area (Å²) in [6.07, 6.45) is 1.88. The van der Waals surface area contributed by atoms with Crippen LogP contribution >= 0.6 is 0 Å². The van der Waals surface area contributed by atoms with Crippen molar-refractivity contribution in [1.82, 2.24) is 5.32 Å². The van der Waals surface area contributed by atoms with Crippen molar-refractivity contribution in [3.05, 3.63) is 82.0 Å². The zero-order valence-electron chi connectivity index (χ0n) is 12.5. The topological polar surface area (TPSA) is 75.5 Å². The van der Waals surface area contributed by atoms with Crippen LogP contribution in [0, 0.1) is 10.1 Å². The van der Waals surface area contributed by atoms with Gasteiger partial charge in [0, 0.05) is 17.8 Å². The molecule has 2 aromatic rings. The second kappa shape index (κ2) is 5.92. The highest BCUT2D eigenvalue weighted by Crippen LogP contribution is 2.28. The van der Waals surface area contributed by atoms with Crippen LogP contribution in [-0.4, -0.2) is 11.0 Å². The van der Waals surface area contributed by atoms with Crippen molar-refractivity contribution in [2.24, 2.45) is 0 Å². The Bertz CT molecular complexity index is 787. The summed E-state index contributed by atoms with van der Waals surface area (Å²) in [4.78, 5) is 24.5. The molecule has 0 aliphatic carbocycles. The predicted molar refractivity (Wildman–Crippen MR) is 87.0 cm³/mol. The zero-order chi connectivity index (χ0) is 16.4. The summed E-state index contributed by atoms with van der Waals surface area (Å²) < 4.78 is 0. The van der Waals surface area contributed by atoms with Crippen molar-refractivity contribution in [2.45, 2.75) is 13.0 Å².